The van der Waals surface area contributed by atoms with Crippen LogP contribution in [0.25, 0.3) is 44.7 Å². The molecular weight excluding hydrogens is 1330 g/mol. The van der Waals surface area contributed by atoms with Crippen molar-refractivity contribution in [1.29, 1.82) is 0 Å². The standard InChI is InChI=1S/C21H17F2N5.C14H9ClF2N4.C10H8F2N2.C7H9N.C6H6F2N2.C4H2Cl2N2.C4H5ClO/c1-12-2-6-15(7-3-12)25-18-10-24-11-19(26-18)28-17-9-14(22)8-16(23)20(17)27-21(28)13-4-5-13;15-11-5-18-6-12(19-11)21-10-4-8(16)3-9(17)13(10)20-14(21)7-1-2-7;11-6-3-7(12)9-8(4-6)13-10(14-9)5-1-2-5;1-6-2-4-7(8)5-3-6;7-3-1-4(8)6(10)5(9)2-3;5-3-1-7-2-4(6)8-3;5-4(6)3-1-2-3/h2-3,6-11,13H,4-5H2,1H3,(H,25,26);3-7H,1-2H2;3-5H,1-2H2,(H,13,14);2-5H,8H2,1H3;1-2H,9-10H2;1-2H;3H,1-2H2. The van der Waals surface area contributed by atoms with E-state index in [1.54, 1.807) is 21.5 Å². The van der Waals surface area contributed by atoms with Crippen molar-refractivity contribution in [3.05, 3.63) is 225 Å². The summed E-state index contributed by atoms with van der Waals surface area (Å²) in [6.45, 7) is 4.06. The molecule has 0 bridgehead atoms. The minimum atomic E-state index is -0.822. The van der Waals surface area contributed by atoms with Gasteiger partial charge in [0.1, 0.15) is 72.8 Å². The molecule has 0 unspecified atom stereocenters. The first-order chi connectivity index (χ1) is 45.4. The number of hydrogen-bond donors (Lipinski definition) is 5. The number of nitrogen functional groups attached to an aromatic ring is 3. The van der Waals surface area contributed by atoms with Crippen LogP contribution in [0.2, 0.25) is 15.5 Å². The Hall–Kier alpha value is -9.56. The molecule has 4 fully saturated rings. The van der Waals surface area contributed by atoms with Gasteiger partial charge in [0.2, 0.25) is 5.24 Å². The quantitative estimate of drug-likeness (QED) is 0.0539. The average molecular weight is 1380 g/mol. The largest absolute Gasteiger partial charge is 0.399 e. The summed E-state index contributed by atoms with van der Waals surface area (Å²) in [6.07, 6.45) is 17.0. The van der Waals surface area contributed by atoms with Crippen LogP contribution >= 0.6 is 46.4 Å². The molecule has 0 radical (unpaired) electrons. The Kier molecular flexibility index (Phi) is 21.7. The summed E-state index contributed by atoms with van der Waals surface area (Å²) < 4.78 is 110. The minimum Gasteiger partial charge on any atom is -0.399 e. The molecule has 0 atom stereocenters. The molecule has 0 spiro atoms. The fraction of sp³-hybridized carbons (Fsp3) is 0.212. The summed E-state index contributed by atoms with van der Waals surface area (Å²) in [5, 5.41) is 3.91. The zero-order chi connectivity index (χ0) is 67.8. The molecule has 6 aromatic heterocycles. The summed E-state index contributed by atoms with van der Waals surface area (Å²) in [5.41, 5.74) is 21.2. The molecule has 0 amide bonds. The zero-order valence-electron chi connectivity index (χ0n) is 50.3. The Bertz CT molecular complexity index is 4660. The first kappa shape index (κ1) is 68.3. The maximum absolute atomic E-state index is 14.3. The molecule has 16 rings (SSSR count). The second-order valence-corrected chi connectivity index (χ2v) is 23.9. The van der Waals surface area contributed by atoms with Gasteiger partial charge in [-0.05, 0) is 113 Å². The van der Waals surface area contributed by atoms with E-state index in [0.29, 0.717) is 67.9 Å². The molecule has 0 aliphatic heterocycles. The molecule has 8 N–H and O–H groups in total. The molecule has 6 heterocycles. The average Bonchev–Trinajstić information content (AvgIpc) is 1.61. The zero-order valence-corrected chi connectivity index (χ0v) is 53.3. The molecule has 17 nitrogen and oxygen atoms in total. The topological polar surface area (TPSA) is 249 Å². The summed E-state index contributed by atoms with van der Waals surface area (Å²) in [5.74, 6) is -0.650. The number of rotatable bonds is 8. The molecular formula is C66H56Cl4F8N16O. The van der Waals surface area contributed by atoms with E-state index in [1.165, 1.54) is 48.5 Å². The van der Waals surface area contributed by atoms with Crippen LogP contribution in [0, 0.1) is 66.3 Å². The van der Waals surface area contributed by atoms with Crippen molar-refractivity contribution in [2.45, 2.75) is 83.0 Å². The van der Waals surface area contributed by atoms with Crippen LogP contribution in [0.1, 0.15) is 97.7 Å². The smallest absolute Gasteiger partial charge is 0.224 e. The molecule has 12 aromatic rings. The third kappa shape index (κ3) is 18.4. The maximum Gasteiger partial charge on any atom is 0.224 e. The van der Waals surface area contributed by atoms with Gasteiger partial charge in [0.25, 0.3) is 0 Å². The maximum atomic E-state index is 14.3. The van der Waals surface area contributed by atoms with Crippen LogP contribution in [0.5, 0.6) is 0 Å². The highest BCUT2D eigenvalue weighted by Crippen LogP contribution is 2.44. The van der Waals surface area contributed by atoms with Crippen molar-refractivity contribution < 1.29 is 39.9 Å². The van der Waals surface area contributed by atoms with E-state index in [4.69, 9.17) is 63.6 Å². The number of hydrogen-bond acceptors (Lipinski definition) is 14. The summed E-state index contributed by atoms with van der Waals surface area (Å²) >= 11 is 21.7. The van der Waals surface area contributed by atoms with Crippen LogP contribution in [0.4, 0.5) is 63.7 Å². The lowest BCUT2D eigenvalue weighted by Crippen LogP contribution is -2.05. The predicted octanol–water partition coefficient (Wildman–Crippen LogP) is 17.0. The molecule has 4 saturated carbocycles. The Labute approximate surface area is 557 Å². The van der Waals surface area contributed by atoms with E-state index >= 15 is 0 Å². The van der Waals surface area contributed by atoms with Gasteiger partial charge < -0.3 is 27.5 Å². The van der Waals surface area contributed by atoms with Gasteiger partial charge in [-0.25, -0.2) is 65.0 Å². The van der Waals surface area contributed by atoms with Crippen LogP contribution in [-0.4, -0.2) is 64.2 Å². The summed E-state index contributed by atoms with van der Waals surface area (Å²) in [6, 6.07) is 23.7. The SMILES string of the molecule is Cc1ccc(N)cc1.Cc1ccc(Nc2cncc(-n3c(C4CC4)nc4c(F)cc(F)cc43)n2)cc1.Clc1cncc(Cl)n1.Fc1cc(F)c2nc(C3CC3)[nH]c2c1.Fc1cc(F)c2nc(C3CC3)n(-c3cncc(Cl)n3)c2c1.Nc1cc(F)cc(F)c1N.O=C(Cl)C1CC1. The lowest BCUT2D eigenvalue weighted by Gasteiger charge is -2.10. The lowest BCUT2D eigenvalue weighted by atomic mass is 10.2. The van der Waals surface area contributed by atoms with E-state index in [-0.39, 0.29) is 56.1 Å². The van der Waals surface area contributed by atoms with Gasteiger partial charge in [0.15, 0.2) is 40.7 Å². The fourth-order valence-electron chi connectivity index (χ4n) is 9.12. The molecule has 6 aromatic carbocycles. The number of nitrogens with two attached hydrogens (primary N) is 3. The van der Waals surface area contributed by atoms with E-state index in [2.05, 4.69) is 55.2 Å². The Morgan fingerprint density at radius 3 is 1.38 bits per heavy atom. The van der Waals surface area contributed by atoms with Crippen LogP contribution in [0.15, 0.2) is 134 Å². The third-order valence-electron chi connectivity index (χ3n) is 14.5. The van der Waals surface area contributed by atoms with Gasteiger partial charge >= 0.3 is 0 Å². The van der Waals surface area contributed by atoms with Gasteiger partial charge in [0, 0.05) is 71.4 Å². The number of benzene rings is 6. The summed E-state index contributed by atoms with van der Waals surface area (Å²) in [7, 11) is 0. The number of aromatic nitrogens is 12. The number of nitrogens with zero attached hydrogens (tertiary/aromatic N) is 11. The van der Waals surface area contributed by atoms with E-state index in [0.717, 1.165) is 98.4 Å². The van der Waals surface area contributed by atoms with Gasteiger partial charge in [-0.15, -0.1) is 0 Å². The predicted molar refractivity (Wildman–Crippen MR) is 351 cm³/mol. The number of fused-ring (bicyclic) bond motifs is 3. The molecule has 4 aliphatic carbocycles. The number of aromatic amines is 1. The van der Waals surface area contributed by atoms with Crippen LogP contribution in [0.3, 0.4) is 0 Å². The first-order valence-corrected chi connectivity index (χ1v) is 30.8. The fourth-order valence-corrected chi connectivity index (χ4v) is 9.82. The van der Waals surface area contributed by atoms with Crippen molar-refractivity contribution in [3.8, 4) is 11.6 Å². The number of carbonyl (C=O) groups is 1. The van der Waals surface area contributed by atoms with Crippen molar-refractivity contribution in [3.63, 3.8) is 0 Å². The number of halogens is 12. The van der Waals surface area contributed by atoms with Crippen molar-refractivity contribution in [2.75, 3.05) is 22.5 Å². The first-order valence-electron chi connectivity index (χ1n) is 29.3. The van der Waals surface area contributed by atoms with Gasteiger partial charge in [-0.1, -0.05) is 70.2 Å². The van der Waals surface area contributed by atoms with Crippen molar-refractivity contribution in [1.82, 2.24) is 59.0 Å². The highest BCUT2D eigenvalue weighted by molar-refractivity contribution is 6.64. The van der Waals surface area contributed by atoms with Crippen LogP contribution < -0.4 is 22.5 Å². The highest BCUT2D eigenvalue weighted by Gasteiger charge is 2.33. The monoisotopic (exact) mass is 1380 g/mol. The minimum absolute atomic E-state index is 0.0718. The van der Waals surface area contributed by atoms with Gasteiger partial charge in [0.05, 0.1) is 65.1 Å². The molecule has 95 heavy (non-hydrogen) atoms. The molecule has 0 saturated heterocycles. The normalized spacial score (nSPS) is 13.7. The van der Waals surface area contributed by atoms with Gasteiger partial charge in [-0.3, -0.25) is 28.9 Å². The van der Waals surface area contributed by atoms with E-state index < -0.39 is 46.5 Å². The van der Waals surface area contributed by atoms with Crippen LogP contribution in [-0.2, 0) is 4.79 Å². The molecule has 29 heteroatoms. The third-order valence-corrected chi connectivity index (χ3v) is 15.3. The number of carbonyl (C=O) groups excluding carboxylic acids is 1. The second kappa shape index (κ2) is 30.2. The number of nitrogens with one attached hydrogen (secondary N) is 2. The lowest BCUT2D eigenvalue weighted by molar-refractivity contribution is -0.112. The van der Waals surface area contributed by atoms with Crippen molar-refractivity contribution in [2.24, 2.45) is 5.92 Å². The number of imidazole rings is 3. The van der Waals surface area contributed by atoms with Gasteiger partial charge in [-0.2, -0.15) is 0 Å². The number of aryl methyl sites for hydroxylation is 2. The Morgan fingerprint density at radius 1 is 0.495 bits per heavy atom. The Balaban J connectivity index is 0.000000129. The number of anilines is 5. The number of H-pyrrole nitrogens is 1. The van der Waals surface area contributed by atoms with E-state index in [9.17, 15) is 39.9 Å². The Morgan fingerprint density at radius 2 is 0.937 bits per heavy atom. The summed E-state index contributed by atoms with van der Waals surface area (Å²) in [4.78, 5) is 50.2. The van der Waals surface area contributed by atoms with Crippen molar-refractivity contribution >= 4 is 113 Å². The van der Waals surface area contributed by atoms with E-state index in [1.807, 2.05) is 62.4 Å². The second-order valence-electron chi connectivity index (χ2n) is 22.3. The molecule has 490 valence electrons. The molecule has 4 aliphatic rings. The highest BCUT2D eigenvalue weighted by atomic mass is 35.5.